The summed E-state index contributed by atoms with van der Waals surface area (Å²) in [5, 5.41) is 8.01. The Balaban J connectivity index is 3.34. The smallest absolute Gasteiger partial charge is 0.321 e. The van der Waals surface area contributed by atoms with Gasteiger partial charge in [-0.1, -0.05) is 0 Å². The standard InChI is InChI=1S/C3H7NO2S/c4-2(1-7)3(5)6/h2,7H,1,4H2,(H,5,6)/t2-/m0/s1/i2+1. The zero-order valence-corrected chi connectivity index (χ0v) is 4.56. The van der Waals surface area contributed by atoms with Crippen LogP contribution in [0.25, 0.3) is 0 Å². The van der Waals surface area contributed by atoms with Crippen LogP contribution in [0, 0.1) is 0 Å². The van der Waals surface area contributed by atoms with Crippen LogP contribution in [0.2, 0.25) is 0 Å². The van der Waals surface area contributed by atoms with Crippen molar-refractivity contribution in [2.75, 3.05) is 5.75 Å². The minimum atomic E-state index is -1.00. The van der Waals surface area contributed by atoms with Gasteiger partial charge in [0.25, 0.3) is 0 Å². The lowest BCUT2D eigenvalue weighted by atomic mass is 10.8. The molecule has 0 rings (SSSR count). The minimum absolute atomic E-state index is 0.190. The second-order valence-electron chi connectivity index (χ2n) is 1.13. The largest absolute Gasteiger partial charge is 0.480 e. The number of nitrogens with two attached hydrogens (primary N) is 1. The molecule has 7 heavy (non-hydrogen) atoms. The average Bonchev–Trinajstić information content (AvgIpc) is 1.65. The molecular formula is C3H7NO2S. The lowest BCUT2D eigenvalue weighted by Crippen LogP contribution is -2.31. The van der Waals surface area contributed by atoms with Gasteiger partial charge in [0.1, 0.15) is 6.04 Å². The molecule has 0 saturated carbocycles. The van der Waals surface area contributed by atoms with Gasteiger partial charge < -0.3 is 10.8 Å². The fourth-order valence-corrected chi connectivity index (χ4v) is 0.234. The number of hydrogen-bond acceptors (Lipinski definition) is 3. The molecule has 0 aromatic carbocycles. The molecule has 0 fully saturated rings. The quantitative estimate of drug-likeness (QED) is 0.336. The Morgan fingerprint density at radius 2 is 2.43 bits per heavy atom. The molecule has 0 aliphatic heterocycles. The molecule has 0 radical (unpaired) electrons. The van der Waals surface area contributed by atoms with Gasteiger partial charge in [-0.3, -0.25) is 4.79 Å². The molecule has 0 aromatic rings. The minimum Gasteiger partial charge on any atom is -0.480 e. The van der Waals surface area contributed by atoms with Crippen LogP contribution in [0.5, 0.6) is 0 Å². The molecule has 0 aliphatic rings. The Bertz CT molecular complexity index is 75.3. The van der Waals surface area contributed by atoms with Crippen LogP contribution in [0.3, 0.4) is 0 Å². The third-order valence-electron chi connectivity index (χ3n) is 0.514. The molecule has 0 amide bonds. The van der Waals surface area contributed by atoms with Gasteiger partial charge in [-0.05, 0) is 0 Å². The molecule has 0 aromatic heterocycles. The molecule has 0 spiro atoms. The monoisotopic (exact) mass is 122 g/mol. The highest BCUT2D eigenvalue weighted by atomic mass is 32.1. The van der Waals surface area contributed by atoms with E-state index < -0.39 is 12.0 Å². The van der Waals surface area contributed by atoms with Crippen molar-refractivity contribution in [3.05, 3.63) is 0 Å². The number of aliphatic carboxylic acids is 1. The van der Waals surface area contributed by atoms with E-state index in [0.717, 1.165) is 0 Å². The third kappa shape index (κ3) is 2.47. The number of carboxylic acid groups (broad SMARTS) is 1. The Kier molecular flexibility index (Phi) is 2.78. The Labute approximate surface area is 46.9 Å². The second kappa shape index (κ2) is 2.87. The zero-order chi connectivity index (χ0) is 5.86. The van der Waals surface area contributed by atoms with Crippen molar-refractivity contribution < 1.29 is 9.90 Å². The van der Waals surface area contributed by atoms with Crippen LogP contribution in [0.1, 0.15) is 0 Å². The van der Waals surface area contributed by atoms with E-state index in [-0.39, 0.29) is 5.75 Å². The average molecular weight is 122 g/mol. The number of hydrogen-bond donors (Lipinski definition) is 3. The van der Waals surface area contributed by atoms with Crippen molar-refractivity contribution in [2.24, 2.45) is 5.73 Å². The molecule has 0 saturated heterocycles. The first-order valence-corrected chi connectivity index (χ1v) is 2.41. The van der Waals surface area contributed by atoms with E-state index in [1.54, 1.807) is 0 Å². The second-order valence-corrected chi connectivity index (χ2v) is 1.49. The van der Waals surface area contributed by atoms with Crippen LogP contribution in [-0.4, -0.2) is 22.9 Å². The summed E-state index contributed by atoms with van der Waals surface area (Å²) in [6.07, 6.45) is 0. The zero-order valence-electron chi connectivity index (χ0n) is 3.66. The van der Waals surface area contributed by atoms with E-state index in [1.165, 1.54) is 0 Å². The Morgan fingerprint density at radius 3 is 2.43 bits per heavy atom. The summed E-state index contributed by atoms with van der Waals surface area (Å²) in [6, 6.07) is -0.816. The van der Waals surface area contributed by atoms with Gasteiger partial charge in [-0.2, -0.15) is 12.6 Å². The molecule has 4 heteroatoms. The summed E-state index contributed by atoms with van der Waals surface area (Å²) in [7, 11) is 0. The van der Waals surface area contributed by atoms with Crippen molar-refractivity contribution >= 4 is 18.6 Å². The Hall–Kier alpha value is -0.220. The number of carbonyl (C=O) groups is 1. The van der Waals surface area contributed by atoms with Crippen LogP contribution in [0.4, 0.5) is 0 Å². The van der Waals surface area contributed by atoms with Gasteiger partial charge in [0.05, 0.1) is 0 Å². The van der Waals surface area contributed by atoms with Crippen molar-refractivity contribution in [1.29, 1.82) is 0 Å². The van der Waals surface area contributed by atoms with Crippen molar-refractivity contribution in [3.63, 3.8) is 0 Å². The molecule has 0 unspecified atom stereocenters. The summed E-state index contributed by atoms with van der Waals surface area (Å²) in [5.41, 5.74) is 4.94. The fraction of sp³-hybridized carbons (Fsp3) is 0.667. The van der Waals surface area contributed by atoms with Gasteiger partial charge in [-0.15, -0.1) is 0 Å². The highest BCUT2D eigenvalue weighted by molar-refractivity contribution is 7.80. The SMILES string of the molecule is N[13C@@H](CS)C(=O)O. The summed E-state index contributed by atoms with van der Waals surface area (Å²) in [6.45, 7) is 0. The van der Waals surface area contributed by atoms with E-state index in [9.17, 15) is 4.79 Å². The summed E-state index contributed by atoms with van der Waals surface area (Å²) in [5.74, 6) is -0.815. The molecule has 0 bridgehead atoms. The van der Waals surface area contributed by atoms with Crippen LogP contribution in [0.15, 0.2) is 0 Å². The maximum absolute atomic E-state index is 9.76. The van der Waals surface area contributed by atoms with Gasteiger partial charge in [0, 0.05) is 5.75 Å². The van der Waals surface area contributed by atoms with E-state index >= 15 is 0 Å². The van der Waals surface area contributed by atoms with Crippen LogP contribution >= 0.6 is 12.6 Å². The normalized spacial score (nSPS) is 13.4. The number of rotatable bonds is 2. The first-order chi connectivity index (χ1) is 3.18. The van der Waals surface area contributed by atoms with Crippen LogP contribution < -0.4 is 5.73 Å². The molecule has 0 aliphatic carbocycles. The molecule has 0 heterocycles. The lowest BCUT2D eigenvalue weighted by molar-refractivity contribution is -0.137. The highest BCUT2D eigenvalue weighted by Crippen LogP contribution is 1.80. The number of thiol groups is 1. The van der Waals surface area contributed by atoms with Gasteiger partial charge >= 0.3 is 5.97 Å². The Morgan fingerprint density at radius 1 is 2.00 bits per heavy atom. The van der Waals surface area contributed by atoms with Gasteiger partial charge in [0.15, 0.2) is 0 Å². The van der Waals surface area contributed by atoms with Gasteiger partial charge in [0.2, 0.25) is 0 Å². The van der Waals surface area contributed by atoms with E-state index in [4.69, 9.17) is 10.8 Å². The van der Waals surface area contributed by atoms with Crippen molar-refractivity contribution in [2.45, 2.75) is 6.04 Å². The summed E-state index contributed by atoms with van der Waals surface area (Å²) in [4.78, 5) is 9.76. The topological polar surface area (TPSA) is 63.3 Å². The van der Waals surface area contributed by atoms with E-state index in [1.807, 2.05) is 0 Å². The van der Waals surface area contributed by atoms with Crippen LogP contribution in [-0.2, 0) is 4.79 Å². The predicted molar refractivity (Wildman–Crippen MR) is 29.5 cm³/mol. The first kappa shape index (κ1) is 6.78. The van der Waals surface area contributed by atoms with Gasteiger partial charge in [-0.25, -0.2) is 0 Å². The maximum Gasteiger partial charge on any atom is 0.321 e. The van der Waals surface area contributed by atoms with Crippen molar-refractivity contribution in [3.8, 4) is 0 Å². The van der Waals surface area contributed by atoms with E-state index in [0.29, 0.717) is 0 Å². The summed E-state index contributed by atoms with van der Waals surface area (Å²) >= 11 is 3.65. The molecule has 1 atom stereocenters. The molecule has 3 nitrogen and oxygen atoms in total. The first-order valence-electron chi connectivity index (χ1n) is 1.77. The molecule has 42 valence electrons. The molecule has 3 N–H and O–H groups in total. The fourth-order valence-electron chi connectivity index (χ4n) is 0.0781. The lowest BCUT2D eigenvalue weighted by Gasteiger charge is -1.96. The summed E-state index contributed by atoms with van der Waals surface area (Å²) < 4.78 is 0. The third-order valence-corrected chi connectivity index (χ3v) is 0.907. The maximum atomic E-state index is 9.76. The van der Waals surface area contributed by atoms with Crippen molar-refractivity contribution in [1.82, 2.24) is 0 Å². The van der Waals surface area contributed by atoms with E-state index in [2.05, 4.69) is 12.6 Å². The number of carboxylic acids is 1. The highest BCUT2D eigenvalue weighted by Gasteiger charge is 2.06. The predicted octanol–water partition coefficient (Wildman–Crippen LogP) is -0.672. The molecular weight excluding hydrogens is 115 g/mol.